The van der Waals surface area contributed by atoms with Gasteiger partial charge >= 0.3 is 0 Å². The fraction of sp³-hybridized carbons (Fsp3) is 0.583. The summed E-state index contributed by atoms with van der Waals surface area (Å²) in [7, 11) is 0. The number of halogens is 3. The SMILES string of the molecule is CC(O)C1CCN(c2nc(F)c(F)cc2F)CC1. The van der Waals surface area contributed by atoms with Crippen LogP contribution in [0.25, 0.3) is 0 Å². The normalized spacial score (nSPS) is 19.1. The van der Waals surface area contributed by atoms with Gasteiger partial charge in [0.05, 0.1) is 6.10 Å². The Kier molecular flexibility index (Phi) is 3.75. The minimum Gasteiger partial charge on any atom is -0.393 e. The third-order valence-electron chi connectivity index (χ3n) is 3.39. The molecule has 0 spiro atoms. The smallest absolute Gasteiger partial charge is 0.251 e. The van der Waals surface area contributed by atoms with Gasteiger partial charge in [0, 0.05) is 19.2 Å². The Bertz CT molecular complexity index is 432. The average molecular weight is 260 g/mol. The number of rotatable bonds is 2. The molecule has 0 radical (unpaired) electrons. The molecule has 1 aliphatic heterocycles. The Hall–Kier alpha value is -1.30. The Balaban J connectivity index is 2.12. The highest BCUT2D eigenvalue weighted by atomic mass is 19.2. The molecule has 1 aliphatic rings. The number of aliphatic hydroxyl groups is 1. The van der Waals surface area contributed by atoms with Gasteiger partial charge in [-0.15, -0.1) is 0 Å². The summed E-state index contributed by atoms with van der Waals surface area (Å²) in [5.74, 6) is -3.42. The number of nitrogens with zero attached hydrogens (tertiary/aromatic N) is 2. The van der Waals surface area contributed by atoms with Crippen LogP contribution in [-0.4, -0.2) is 29.3 Å². The summed E-state index contributed by atoms with van der Waals surface area (Å²) in [5.41, 5.74) is 0. The van der Waals surface area contributed by atoms with Crippen LogP contribution in [0.5, 0.6) is 0 Å². The Morgan fingerprint density at radius 1 is 1.28 bits per heavy atom. The van der Waals surface area contributed by atoms with Gasteiger partial charge in [-0.25, -0.2) is 8.78 Å². The van der Waals surface area contributed by atoms with E-state index in [2.05, 4.69) is 4.98 Å². The van der Waals surface area contributed by atoms with Gasteiger partial charge in [0.25, 0.3) is 5.95 Å². The van der Waals surface area contributed by atoms with Crippen molar-refractivity contribution < 1.29 is 18.3 Å². The third kappa shape index (κ3) is 2.58. The summed E-state index contributed by atoms with van der Waals surface area (Å²) in [6, 6.07) is 0.512. The molecule has 0 bridgehead atoms. The predicted octanol–water partition coefficient (Wildman–Crippen LogP) is 2.10. The van der Waals surface area contributed by atoms with E-state index in [0.29, 0.717) is 32.0 Å². The lowest BCUT2D eigenvalue weighted by Gasteiger charge is -2.34. The summed E-state index contributed by atoms with van der Waals surface area (Å²) in [6.07, 6.45) is 0.949. The zero-order valence-corrected chi connectivity index (χ0v) is 10.0. The molecule has 2 rings (SSSR count). The van der Waals surface area contributed by atoms with Crippen molar-refractivity contribution in [2.24, 2.45) is 5.92 Å². The molecule has 1 N–H and O–H groups in total. The Morgan fingerprint density at radius 2 is 1.89 bits per heavy atom. The van der Waals surface area contributed by atoms with Crippen molar-refractivity contribution in [2.75, 3.05) is 18.0 Å². The molecule has 1 aromatic heterocycles. The van der Waals surface area contributed by atoms with Crippen LogP contribution < -0.4 is 4.90 Å². The zero-order valence-electron chi connectivity index (χ0n) is 10.0. The molecule has 6 heteroatoms. The number of pyridine rings is 1. The molecule has 0 saturated carbocycles. The number of hydrogen-bond acceptors (Lipinski definition) is 3. The third-order valence-corrected chi connectivity index (χ3v) is 3.39. The number of anilines is 1. The van der Waals surface area contributed by atoms with E-state index < -0.39 is 23.7 Å². The van der Waals surface area contributed by atoms with E-state index in [1.165, 1.54) is 0 Å². The summed E-state index contributed by atoms with van der Waals surface area (Å²) >= 11 is 0. The number of aromatic nitrogens is 1. The van der Waals surface area contributed by atoms with Crippen molar-refractivity contribution in [1.82, 2.24) is 4.98 Å². The van der Waals surface area contributed by atoms with Crippen molar-refractivity contribution in [3.05, 3.63) is 23.6 Å². The highest BCUT2D eigenvalue weighted by Crippen LogP contribution is 2.26. The van der Waals surface area contributed by atoms with Crippen molar-refractivity contribution in [2.45, 2.75) is 25.9 Å². The molecule has 1 fully saturated rings. The van der Waals surface area contributed by atoms with Gasteiger partial charge in [-0.1, -0.05) is 0 Å². The maximum atomic E-state index is 13.5. The van der Waals surface area contributed by atoms with E-state index in [-0.39, 0.29) is 11.7 Å². The van der Waals surface area contributed by atoms with Gasteiger partial charge in [0.2, 0.25) is 0 Å². The van der Waals surface area contributed by atoms with Crippen LogP contribution in [0, 0.1) is 23.5 Å². The van der Waals surface area contributed by atoms with Gasteiger partial charge in [-0.05, 0) is 25.7 Å². The maximum Gasteiger partial charge on any atom is 0.251 e. The summed E-state index contributed by atoms with van der Waals surface area (Å²) in [4.78, 5) is 4.89. The molecule has 1 aromatic rings. The van der Waals surface area contributed by atoms with Crippen molar-refractivity contribution in [3.8, 4) is 0 Å². The molecule has 100 valence electrons. The van der Waals surface area contributed by atoms with Crippen LogP contribution in [0.4, 0.5) is 19.0 Å². The largest absolute Gasteiger partial charge is 0.393 e. The molecule has 2 heterocycles. The van der Waals surface area contributed by atoms with Crippen molar-refractivity contribution in [3.63, 3.8) is 0 Å². The molecule has 18 heavy (non-hydrogen) atoms. The second-order valence-electron chi connectivity index (χ2n) is 4.63. The van der Waals surface area contributed by atoms with Gasteiger partial charge < -0.3 is 10.0 Å². The molecule has 0 aromatic carbocycles. The van der Waals surface area contributed by atoms with E-state index in [0.717, 1.165) is 0 Å². The van der Waals surface area contributed by atoms with E-state index in [9.17, 15) is 18.3 Å². The van der Waals surface area contributed by atoms with Crippen LogP contribution in [0.1, 0.15) is 19.8 Å². The predicted molar refractivity (Wildman–Crippen MR) is 60.7 cm³/mol. The lowest BCUT2D eigenvalue weighted by atomic mass is 9.92. The van der Waals surface area contributed by atoms with Gasteiger partial charge in [-0.3, -0.25) is 0 Å². The van der Waals surface area contributed by atoms with Crippen LogP contribution >= 0.6 is 0 Å². The summed E-state index contributed by atoms with van der Waals surface area (Å²) < 4.78 is 39.3. The molecule has 3 nitrogen and oxygen atoms in total. The first-order valence-corrected chi connectivity index (χ1v) is 5.93. The fourth-order valence-corrected chi connectivity index (χ4v) is 2.25. The quantitative estimate of drug-likeness (QED) is 0.827. The summed E-state index contributed by atoms with van der Waals surface area (Å²) in [6.45, 7) is 2.67. The van der Waals surface area contributed by atoms with E-state index >= 15 is 0 Å². The van der Waals surface area contributed by atoms with Crippen molar-refractivity contribution in [1.29, 1.82) is 0 Å². The van der Waals surface area contributed by atoms with E-state index in [4.69, 9.17) is 0 Å². The van der Waals surface area contributed by atoms with Crippen LogP contribution in [0.2, 0.25) is 0 Å². The monoisotopic (exact) mass is 260 g/mol. The zero-order chi connectivity index (χ0) is 13.3. The molecule has 1 unspecified atom stereocenters. The second-order valence-corrected chi connectivity index (χ2v) is 4.63. The average Bonchev–Trinajstić information content (AvgIpc) is 2.34. The minimum absolute atomic E-state index is 0.155. The van der Waals surface area contributed by atoms with Crippen LogP contribution in [0.3, 0.4) is 0 Å². The standard InChI is InChI=1S/C12H15F3N2O/c1-7(18)8-2-4-17(5-3-8)12-10(14)6-9(13)11(15)16-12/h6-8,18H,2-5H2,1H3. The Morgan fingerprint density at radius 3 is 2.44 bits per heavy atom. The lowest BCUT2D eigenvalue weighted by molar-refractivity contribution is 0.109. The minimum atomic E-state index is -1.29. The fourth-order valence-electron chi connectivity index (χ4n) is 2.25. The van der Waals surface area contributed by atoms with Crippen LogP contribution in [-0.2, 0) is 0 Å². The van der Waals surface area contributed by atoms with E-state index in [1.54, 1.807) is 11.8 Å². The maximum absolute atomic E-state index is 13.5. The number of aliphatic hydroxyl groups excluding tert-OH is 1. The van der Waals surface area contributed by atoms with Gasteiger partial charge in [0.15, 0.2) is 17.5 Å². The van der Waals surface area contributed by atoms with Gasteiger partial charge in [-0.2, -0.15) is 9.37 Å². The topological polar surface area (TPSA) is 36.4 Å². The first-order chi connectivity index (χ1) is 8.49. The highest BCUT2D eigenvalue weighted by Gasteiger charge is 2.25. The van der Waals surface area contributed by atoms with Crippen LogP contribution in [0.15, 0.2) is 6.07 Å². The van der Waals surface area contributed by atoms with E-state index in [1.807, 2.05) is 0 Å². The molecular formula is C12H15F3N2O. The molecule has 0 amide bonds. The highest BCUT2D eigenvalue weighted by molar-refractivity contribution is 5.40. The number of piperidine rings is 1. The van der Waals surface area contributed by atoms with Crippen molar-refractivity contribution >= 4 is 5.82 Å². The second kappa shape index (κ2) is 5.14. The Labute approximate surface area is 103 Å². The molecule has 0 aliphatic carbocycles. The molecule has 1 saturated heterocycles. The molecular weight excluding hydrogens is 245 g/mol. The van der Waals surface area contributed by atoms with Gasteiger partial charge in [0.1, 0.15) is 0 Å². The molecule has 1 atom stereocenters. The summed E-state index contributed by atoms with van der Waals surface area (Å²) in [5, 5.41) is 9.45. The first kappa shape index (κ1) is 13.1. The number of hydrogen-bond donors (Lipinski definition) is 1. The lowest BCUT2D eigenvalue weighted by Crippen LogP contribution is -2.38. The first-order valence-electron chi connectivity index (χ1n) is 5.93.